The summed E-state index contributed by atoms with van der Waals surface area (Å²) in [7, 11) is 0. The third-order valence-corrected chi connectivity index (χ3v) is 3.71. The first kappa shape index (κ1) is 16.8. The molecule has 0 amide bonds. The molecule has 2 N–H and O–H groups in total. The van der Waals surface area contributed by atoms with Crippen LogP contribution in [0, 0.1) is 15.9 Å². The zero-order valence-corrected chi connectivity index (χ0v) is 14.2. The summed E-state index contributed by atoms with van der Waals surface area (Å²) in [5, 5.41) is 17.0. The van der Waals surface area contributed by atoms with Crippen LogP contribution in [0.2, 0.25) is 0 Å². The van der Waals surface area contributed by atoms with Gasteiger partial charge in [0, 0.05) is 10.2 Å². The maximum Gasteiger partial charge on any atom is 0.353 e. The molecule has 9 heteroatoms. The van der Waals surface area contributed by atoms with E-state index in [-0.39, 0.29) is 23.0 Å². The summed E-state index contributed by atoms with van der Waals surface area (Å²) in [5.74, 6) is -0.656. The van der Waals surface area contributed by atoms with Crippen molar-refractivity contribution in [3.63, 3.8) is 0 Å². The second-order valence-electron chi connectivity index (χ2n) is 4.92. The molecule has 0 unspecified atom stereocenters. The molecule has 0 radical (unpaired) electrons. The van der Waals surface area contributed by atoms with Crippen molar-refractivity contribution in [3.05, 3.63) is 75.3 Å². The zero-order chi connectivity index (χ0) is 17.8. The Labute approximate surface area is 150 Å². The number of nitrogens with one attached hydrogen (secondary N) is 2. The first-order valence-electron chi connectivity index (χ1n) is 7.08. The Kier molecular flexibility index (Phi) is 4.85. The Hall–Kier alpha value is -3.07. The standard InChI is InChI=1S/C16H11BrFN5O2/c17-10-4-3-5-11(8-10)21-15-14(23(24)25)16(20-9-19-15)22-13-7-2-1-6-12(13)18/h1-9H,(H2,19,20,21,22). The van der Waals surface area contributed by atoms with Crippen molar-refractivity contribution in [1.82, 2.24) is 9.97 Å². The minimum atomic E-state index is -0.622. The molecular formula is C16H11BrFN5O2. The first-order chi connectivity index (χ1) is 12.0. The van der Waals surface area contributed by atoms with Crippen molar-refractivity contribution in [1.29, 1.82) is 0 Å². The van der Waals surface area contributed by atoms with Crippen LogP contribution in [-0.2, 0) is 0 Å². The van der Waals surface area contributed by atoms with E-state index in [2.05, 4.69) is 36.5 Å². The predicted molar refractivity (Wildman–Crippen MR) is 95.8 cm³/mol. The first-order valence-corrected chi connectivity index (χ1v) is 7.87. The highest BCUT2D eigenvalue weighted by Gasteiger charge is 2.24. The minimum Gasteiger partial charge on any atom is -0.334 e. The van der Waals surface area contributed by atoms with Crippen molar-refractivity contribution < 1.29 is 9.31 Å². The van der Waals surface area contributed by atoms with Gasteiger partial charge in [-0.05, 0) is 30.3 Å². The van der Waals surface area contributed by atoms with E-state index < -0.39 is 10.7 Å². The fourth-order valence-electron chi connectivity index (χ4n) is 2.13. The van der Waals surface area contributed by atoms with Crippen LogP contribution in [0.15, 0.2) is 59.3 Å². The number of nitrogens with zero attached hydrogens (tertiary/aromatic N) is 3. The number of benzene rings is 2. The van der Waals surface area contributed by atoms with Crippen molar-refractivity contribution in [2.45, 2.75) is 0 Å². The maximum atomic E-state index is 13.8. The average molecular weight is 404 g/mol. The van der Waals surface area contributed by atoms with Crippen LogP contribution in [-0.4, -0.2) is 14.9 Å². The molecule has 3 aromatic rings. The molecule has 1 aromatic heterocycles. The van der Waals surface area contributed by atoms with E-state index in [1.165, 1.54) is 18.2 Å². The van der Waals surface area contributed by atoms with E-state index >= 15 is 0 Å². The Morgan fingerprint density at radius 2 is 1.76 bits per heavy atom. The number of hydrogen-bond acceptors (Lipinski definition) is 6. The highest BCUT2D eigenvalue weighted by molar-refractivity contribution is 9.10. The summed E-state index contributed by atoms with van der Waals surface area (Å²) in [5.41, 5.74) is 0.302. The SMILES string of the molecule is O=[N+]([O-])c1c(Nc2cccc(Br)c2)ncnc1Nc1ccccc1F. The van der Waals surface area contributed by atoms with Gasteiger partial charge in [-0.1, -0.05) is 34.1 Å². The molecule has 3 rings (SSSR count). The third kappa shape index (κ3) is 3.89. The fraction of sp³-hybridized carbons (Fsp3) is 0. The second kappa shape index (κ2) is 7.22. The highest BCUT2D eigenvalue weighted by atomic mass is 79.9. The van der Waals surface area contributed by atoms with Crippen molar-refractivity contribution in [2.24, 2.45) is 0 Å². The van der Waals surface area contributed by atoms with Gasteiger partial charge in [-0.2, -0.15) is 0 Å². The molecule has 0 saturated heterocycles. The summed E-state index contributed by atoms with van der Waals surface area (Å²) in [6.07, 6.45) is 1.16. The highest BCUT2D eigenvalue weighted by Crippen LogP contribution is 2.33. The molecule has 2 aromatic carbocycles. The van der Waals surface area contributed by atoms with Gasteiger partial charge in [0.15, 0.2) is 0 Å². The monoisotopic (exact) mass is 403 g/mol. The lowest BCUT2D eigenvalue weighted by Gasteiger charge is -2.10. The fourth-order valence-corrected chi connectivity index (χ4v) is 2.53. The van der Waals surface area contributed by atoms with Gasteiger partial charge < -0.3 is 10.6 Å². The summed E-state index contributed by atoms with van der Waals surface area (Å²) < 4.78 is 14.6. The van der Waals surface area contributed by atoms with E-state index in [9.17, 15) is 14.5 Å². The summed E-state index contributed by atoms with van der Waals surface area (Å²) in [6, 6.07) is 12.9. The number of para-hydroxylation sites is 1. The molecular weight excluding hydrogens is 393 g/mol. The Bertz CT molecular complexity index is 938. The van der Waals surface area contributed by atoms with Crippen LogP contribution in [0.4, 0.5) is 33.1 Å². The van der Waals surface area contributed by atoms with Gasteiger partial charge in [0.25, 0.3) is 0 Å². The van der Waals surface area contributed by atoms with Crippen LogP contribution >= 0.6 is 15.9 Å². The quantitative estimate of drug-likeness (QED) is 0.470. The molecule has 0 fully saturated rings. The van der Waals surface area contributed by atoms with Crippen molar-refractivity contribution >= 4 is 44.6 Å². The van der Waals surface area contributed by atoms with Crippen LogP contribution in [0.3, 0.4) is 0 Å². The molecule has 0 spiro atoms. The number of halogens is 2. The number of nitro groups is 1. The lowest BCUT2D eigenvalue weighted by atomic mass is 10.3. The van der Waals surface area contributed by atoms with E-state index in [1.807, 2.05) is 6.07 Å². The molecule has 0 atom stereocenters. The summed E-state index contributed by atoms with van der Waals surface area (Å²) in [6.45, 7) is 0. The second-order valence-corrected chi connectivity index (χ2v) is 5.83. The van der Waals surface area contributed by atoms with E-state index in [4.69, 9.17) is 0 Å². The normalized spacial score (nSPS) is 10.3. The molecule has 126 valence electrons. The van der Waals surface area contributed by atoms with Gasteiger partial charge in [0.2, 0.25) is 11.6 Å². The lowest BCUT2D eigenvalue weighted by Crippen LogP contribution is -2.06. The molecule has 7 nitrogen and oxygen atoms in total. The lowest BCUT2D eigenvalue weighted by molar-refractivity contribution is -0.383. The van der Waals surface area contributed by atoms with Gasteiger partial charge >= 0.3 is 5.69 Å². The zero-order valence-electron chi connectivity index (χ0n) is 12.6. The molecule has 0 bridgehead atoms. The van der Waals surface area contributed by atoms with E-state index in [1.54, 1.807) is 24.3 Å². The number of rotatable bonds is 5. The molecule has 0 aliphatic rings. The van der Waals surface area contributed by atoms with Crippen molar-refractivity contribution in [3.8, 4) is 0 Å². The van der Waals surface area contributed by atoms with Gasteiger partial charge in [-0.15, -0.1) is 0 Å². The molecule has 0 aliphatic heterocycles. The Balaban J connectivity index is 2.00. The van der Waals surface area contributed by atoms with E-state index in [0.717, 1.165) is 10.8 Å². The maximum absolute atomic E-state index is 13.8. The van der Waals surface area contributed by atoms with Gasteiger partial charge in [0.05, 0.1) is 10.6 Å². The average Bonchev–Trinajstić information content (AvgIpc) is 2.57. The predicted octanol–water partition coefficient (Wildman–Crippen LogP) is 4.77. The Morgan fingerprint density at radius 3 is 2.44 bits per heavy atom. The molecule has 1 heterocycles. The Morgan fingerprint density at radius 1 is 1.04 bits per heavy atom. The van der Waals surface area contributed by atoms with Crippen LogP contribution in [0.25, 0.3) is 0 Å². The molecule has 25 heavy (non-hydrogen) atoms. The van der Waals surface area contributed by atoms with Crippen molar-refractivity contribution in [2.75, 3.05) is 10.6 Å². The van der Waals surface area contributed by atoms with Gasteiger partial charge in [0.1, 0.15) is 12.1 Å². The molecule has 0 saturated carbocycles. The van der Waals surface area contributed by atoms with Crippen LogP contribution < -0.4 is 10.6 Å². The van der Waals surface area contributed by atoms with Gasteiger partial charge in [-0.3, -0.25) is 10.1 Å². The summed E-state index contributed by atoms with van der Waals surface area (Å²) in [4.78, 5) is 18.7. The largest absolute Gasteiger partial charge is 0.353 e. The molecule has 0 aliphatic carbocycles. The minimum absolute atomic E-state index is 0.00283. The van der Waals surface area contributed by atoms with E-state index in [0.29, 0.717) is 5.69 Å². The van der Waals surface area contributed by atoms with Crippen LogP contribution in [0.5, 0.6) is 0 Å². The number of aromatic nitrogens is 2. The topological polar surface area (TPSA) is 93.0 Å². The van der Waals surface area contributed by atoms with Crippen LogP contribution in [0.1, 0.15) is 0 Å². The van der Waals surface area contributed by atoms with Gasteiger partial charge in [-0.25, -0.2) is 14.4 Å². The third-order valence-electron chi connectivity index (χ3n) is 3.22. The summed E-state index contributed by atoms with van der Waals surface area (Å²) >= 11 is 3.33. The number of anilines is 4. The number of hydrogen-bond donors (Lipinski definition) is 2. The smallest absolute Gasteiger partial charge is 0.334 e.